The Hall–Kier alpha value is -4.17. The molecule has 0 heterocycles. The molecule has 0 spiro atoms. The number of benzene rings is 3. The maximum absolute atomic E-state index is 14.1. The zero-order chi connectivity index (χ0) is 30.1. The lowest BCUT2D eigenvalue weighted by atomic mass is 9.61. The van der Waals surface area contributed by atoms with E-state index >= 15 is 0 Å². The monoisotopic (exact) mass is 558 g/mol. The molecule has 1 aliphatic carbocycles. The highest BCUT2D eigenvalue weighted by Crippen LogP contribution is 2.49. The minimum Gasteiger partial charge on any atom is -0.497 e. The van der Waals surface area contributed by atoms with E-state index in [0.29, 0.717) is 28.4 Å². The molecule has 216 valence electrons. The predicted molar refractivity (Wildman–Crippen MR) is 159 cm³/mol. The molecule has 8 nitrogen and oxygen atoms in total. The first-order chi connectivity index (χ1) is 19.4. The number of anilines is 2. The Labute approximate surface area is 241 Å². The van der Waals surface area contributed by atoms with Crippen LogP contribution >= 0.6 is 0 Å². The molecule has 41 heavy (non-hydrogen) atoms. The lowest BCUT2D eigenvalue weighted by Gasteiger charge is -2.44. The van der Waals surface area contributed by atoms with E-state index in [1.54, 1.807) is 18.2 Å². The van der Waals surface area contributed by atoms with E-state index in [2.05, 4.69) is 10.6 Å². The summed E-state index contributed by atoms with van der Waals surface area (Å²) in [4.78, 5) is 41.9. The molecule has 0 saturated heterocycles. The van der Waals surface area contributed by atoms with E-state index in [4.69, 9.17) is 9.47 Å². The lowest BCUT2D eigenvalue weighted by molar-refractivity contribution is -0.150. The first-order valence-electron chi connectivity index (χ1n) is 13.6. The molecule has 8 heteroatoms. The van der Waals surface area contributed by atoms with E-state index in [-0.39, 0.29) is 6.42 Å². The Bertz CT molecular complexity index is 1500. The van der Waals surface area contributed by atoms with Gasteiger partial charge < -0.3 is 25.2 Å². The summed E-state index contributed by atoms with van der Waals surface area (Å²) in [6, 6.07) is 16.4. The SMILES string of the molecule is COc1ccc(OC)c(C2C(C(=O)Nc3cc(C)ccc3C)C(=O)CC(C)(O)C2C(=O)Nc2cc(C)ccc2C)c1. The van der Waals surface area contributed by atoms with Crippen LogP contribution in [0.2, 0.25) is 0 Å². The van der Waals surface area contributed by atoms with Crippen molar-refractivity contribution in [2.75, 3.05) is 24.9 Å². The summed E-state index contributed by atoms with van der Waals surface area (Å²) in [6.07, 6.45) is -0.369. The third kappa shape index (κ3) is 6.12. The molecular weight excluding hydrogens is 520 g/mol. The Balaban J connectivity index is 1.88. The van der Waals surface area contributed by atoms with Crippen LogP contribution in [0.4, 0.5) is 11.4 Å². The average molecular weight is 559 g/mol. The van der Waals surface area contributed by atoms with Crippen LogP contribution in [-0.4, -0.2) is 42.5 Å². The van der Waals surface area contributed by atoms with Gasteiger partial charge in [0.25, 0.3) is 0 Å². The number of methoxy groups -OCH3 is 2. The Morgan fingerprint density at radius 2 is 1.39 bits per heavy atom. The van der Waals surface area contributed by atoms with Crippen molar-refractivity contribution in [3.63, 3.8) is 0 Å². The van der Waals surface area contributed by atoms with Crippen LogP contribution in [-0.2, 0) is 14.4 Å². The molecule has 4 unspecified atom stereocenters. The van der Waals surface area contributed by atoms with Crippen molar-refractivity contribution in [2.45, 2.75) is 52.6 Å². The van der Waals surface area contributed by atoms with E-state index in [9.17, 15) is 19.5 Å². The summed E-state index contributed by atoms with van der Waals surface area (Å²) >= 11 is 0. The van der Waals surface area contributed by atoms with Crippen molar-refractivity contribution in [3.8, 4) is 11.5 Å². The number of ketones is 1. The van der Waals surface area contributed by atoms with E-state index < -0.39 is 41.0 Å². The van der Waals surface area contributed by atoms with Crippen LogP contribution in [0.3, 0.4) is 0 Å². The molecular formula is C33H38N2O6. The fourth-order valence-corrected chi connectivity index (χ4v) is 5.73. The molecule has 2 amide bonds. The highest BCUT2D eigenvalue weighted by molar-refractivity contribution is 6.11. The number of hydrogen-bond donors (Lipinski definition) is 3. The van der Waals surface area contributed by atoms with Crippen molar-refractivity contribution in [1.82, 2.24) is 0 Å². The second-order valence-corrected chi connectivity index (χ2v) is 11.2. The molecule has 1 aliphatic rings. The van der Waals surface area contributed by atoms with Gasteiger partial charge in [0.05, 0.1) is 25.7 Å². The lowest BCUT2D eigenvalue weighted by Crippen LogP contribution is -2.56. The van der Waals surface area contributed by atoms with Gasteiger partial charge >= 0.3 is 0 Å². The van der Waals surface area contributed by atoms with Crippen LogP contribution in [0.1, 0.15) is 47.1 Å². The Morgan fingerprint density at radius 3 is 1.93 bits per heavy atom. The zero-order valence-electron chi connectivity index (χ0n) is 24.6. The largest absolute Gasteiger partial charge is 0.497 e. The average Bonchev–Trinajstić information content (AvgIpc) is 2.91. The van der Waals surface area contributed by atoms with Gasteiger partial charge in [0.1, 0.15) is 23.2 Å². The highest BCUT2D eigenvalue weighted by atomic mass is 16.5. The van der Waals surface area contributed by atoms with Gasteiger partial charge in [0, 0.05) is 29.3 Å². The highest BCUT2D eigenvalue weighted by Gasteiger charge is 2.56. The minimum absolute atomic E-state index is 0.369. The maximum Gasteiger partial charge on any atom is 0.235 e. The molecule has 3 N–H and O–H groups in total. The third-order valence-electron chi connectivity index (χ3n) is 7.93. The summed E-state index contributed by atoms with van der Waals surface area (Å²) in [7, 11) is 2.98. The van der Waals surface area contributed by atoms with Gasteiger partial charge in [0.2, 0.25) is 11.8 Å². The van der Waals surface area contributed by atoms with Gasteiger partial charge in [-0.25, -0.2) is 0 Å². The number of hydrogen-bond acceptors (Lipinski definition) is 6. The van der Waals surface area contributed by atoms with Gasteiger partial charge in [-0.2, -0.15) is 0 Å². The standard InChI is InChI=1S/C33H38N2O6/c1-18-8-10-20(3)24(14-18)34-31(37)29-26(36)17-33(5,39)30(32(38)35-25-15-19(2)9-11-21(25)4)28(29)23-16-22(40-6)12-13-27(23)41-7/h8-16,28-30,39H,17H2,1-7H3,(H,34,37)(H,35,38). The van der Waals surface area contributed by atoms with Crippen LogP contribution < -0.4 is 20.1 Å². The minimum atomic E-state index is -1.76. The number of aliphatic hydroxyl groups is 1. The number of nitrogens with one attached hydrogen (secondary N) is 2. The fraction of sp³-hybridized carbons (Fsp3) is 0.364. The van der Waals surface area contributed by atoms with Crippen LogP contribution in [0, 0.1) is 39.5 Å². The molecule has 3 aromatic rings. The summed E-state index contributed by atoms with van der Waals surface area (Å²) in [5.41, 5.74) is 3.40. The second-order valence-electron chi connectivity index (χ2n) is 11.2. The zero-order valence-corrected chi connectivity index (χ0v) is 24.6. The summed E-state index contributed by atoms with van der Waals surface area (Å²) < 4.78 is 11.1. The Kier molecular flexibility index (Phi) is 8.54. The molecule has 1 saturated carbocycles. The number of rotatable bonds is 7. The molecule has 0 aromatic heterocycles. The van der Waals surface area contributed by atoms with Gasteiger partial charge in [0.15, 0.2) is 0 Å². The van der Waals surface area contributed by atoms with Crippen molar-refractivity contribution in [1.29, 1.82) is 0 Å². The van der Waals surface area contributed by atoms with Crippen molar-refractivity contribution >= 4 is 29.0 Å². The number of amides is 2. The summed E-state index contributed by atoms with van der Waals surface area (Å²) in [5.74, 6) is -4.23. The van der Waals surface area contributed by atoms with E-state index in [0.717, 1.165) is 22.3 Å². The Morgan fingerprint density at radius 1 is 0.829 bits per heavy atom. The van der Waals surface area contributed by atoms with Gasteiger partial charge in [-0.1, -0.05) is 24.3 Å². The predicted octanol–water partition coefficient (Wildman–Crippen LogP) is 5.25. The maximum atomic E-state index is 14.1. The topological polar surface area (TPSA) is 114 Å². The molecule has 0 radical (unpaired) electrons. The molecule has 3 aromatic carbocycles. The second kappa shape index (κ2) is 11.7. The van der Waals surface area contributed by atoms with Crippen molar-refractivity contribution in [3.05, 3.63) is 82.4 Å². The van der Waals surface area contributed by atoms with Crippen molar-refractivity contribution in [2.24, 2.45) is 11.8 Å². The number of Topliss-reactive ketones (excluding diaryl/α,β-unsaturated/α-hetero) is 1. The number of ether oxygens (including phenoxy) is 2. The fourth-order valence-electron chi connectivity index (χ4n) is 5.73. The van der Waals surface area contributed by atoms with Gasteiger partial charge in [-0.3, -0.25) is 14.4 Å². The first kappa shape index (κ1) is 29.8. The number of aryl methyl sites for hydroxylation is 4. The summed E-state index contributed by atoms with van der Waals surface area (Å²) in [5, 5.41) is 17.6. The quantitative estimate of drug-likeness (QED) is 0.341. The smallest absolute Gasteiger partial charge is 0.235 e. The normalized spacial score (nSPS) is 22.1. The summed E-state index contributed by atoms with van der Waals surface area (Å²) in [6.45, 7) is 9.04. The van der Waals surface area contributed by atoms with Gasteiger partial charge in [-0.15, -0.1) is 0 Å². The van der Waals surface area contributed by atoms with E-state index in [1.807, 2.05) is 64.1 Å². The molecule has 0 aliphatic heterocycles. The van der Waals surface area contributed by atoms with E-state index in [1.165, 1.54) is 21.1 Å². The molecule has 4 rings (SSSR count). The molecule has 1 fully saturated rings. The number of carbonyl (C=O) groups excluding carboxylic acids is 3. The van der Waals surface area contributed by atoms with Crippen molar-refractivity contribution < 1.29 is 29.0 Å². The van der Waals surface area contributed by atoms with Gasteiger partial charge in [-0.05, 0) is 87.2 Å². The third-order valence-corrected chi connectivity index (χ3v) is 7.93. The van der Waals surface area contributed by atoms with Crippen LogP contribution in [0.5, 0.6) is 11.5 Å². The molecule has 4 atom stereocenters. The van der Waals surface area contributed by atoms with Crippen LogP contribution in [0.25, 0.3) is 0 Å². The molecule has 0 bridgehead atoms. The number of carbonyl (C=O) groups is 3. The first-order valence-corrected chi connectivity index (χ1v) is 13.6. The van der Waals surface area contributed by atoms with Crippen LogP contribution in [0.15, 0.2) is 54.6 Å².